The minimum atomic E-state index is -0.556. The number of rotatable bonds is 4. The Bertz CT molecular complexity index is 165. The van der Waals surface area contributed by atoms with Crippen LogP contribution >= 0.6 is 0 Å². The largest absolute Gasteiger partial charge is 0.330 e. The Morgan fingerprint density at radius 2 is 2.08 bits per heavy atom. The summed E-state index contributed by atoms with van der Waals surface area (Å²) < 4.78 is 11.1. The van der Waals surface area contributed by atoms with Crippen molar-refractivity contribution in [1.29, 1.82) is 0 Å². The maximum Gasteiger partial charge on any atom is 0.0363 e. The molecule has 0 aromatic rings. The molecule has 1 atom stereocenters. The van der Waals surface area contributed by atoms with E-state index in [4.69, 9.17) is 5.73 Å². The highest BCUT2D eigenvalue weighted by molar-refractivity contribution is 7.85. The molecule has 1 fully saturated rings. The second kappa shape index (κ2) is 5.73. The standard InChI is InChI=1S/C9H20N2OS/c1-2-9(3-4-10)11-5-7-13(12)8-6-11/h9H,2-8,10H2,1H3. The van der Waals surface area contributed by atoms with E-state index >= 15 is 0 Å². The first kappa shape index (κ1) is 11.1. The van der Waals surface area contributed by atoms with Crippen LogP contribution in [-0.2, 0) is 10.8 Å². The van der Waals surface area contributed by atoms with E-state index in [-0.39, 0.29) is 0 Å². The van der Waals surface area contributed by atoms with Gasteiger partial charge < -0.3 is 5.73 Å². The zero-order chi connectivity index (χ0) is 9.68. The molecule has 78 valence electrons. The molecule has 0 aliphatic carbocycles. The summed E-state index contributed by atoms with van der Waals surface area (Å²) in [5.74, 6) is 1.70. The van der Waals surface area contributed by atoms with Crippen molar-refractivity contribution in [2.75, 3.05) is 31.1 Å². The number of nitrogens with two attached hydrogens (primary N) is 1. The van der Waals surface area contributed by atoms with E-state index in [0.717, 1.165) is 44.0 Å². The third kappa shape index (κ3) is 3.37. The maximum absolute atomic E-state index is 11.1. The molecule has 1 aliphatic heterocycles. The smallest absolute Gasteiger partial charge is 0.0363 e. The average Bonchev–Trinajstić information content (AvgIpc) is 2.16. The second-order valence-corrected chi connectivity index (χ2v) is 5.22. The van der Waals surface area contributed by atoms with Crippen LogP contribution in [0.3, 0.4) is 0 Å². The summed E-state index contributed by atoms with van der Waals surface area (Å²) in [4.78, 5) is 2.44. The Hall–Kier alpha value is 0.0700. The lowest BCUT2D eigenvalue weighted by atomic mass is 10.1. The minimum Gasteiger partial charge on any atom is -0.330 e. The van der Waals surface area contributed by atoms with Crippen LogP contribution in [0.4, 0.5) is 0 Å². The summed E-state index contributed by atoms with van der Waals surface area (Å²) in [7, 11) is -0.556. The van der Waals surface area contributed by atoms with Crippen LogP contribution in [0.25, 0.3) is 0 Å². The van der Waals surface area contributed by atoms with Crippen molar-refractivity contribution in [3.63, 3.8) is 0 Å². The van der Waals surface area contributed by atoms with E-state index < -0.39 is 10.8 Å². The summed E-state index contributed by atoms with van der Waals surface area (Å²) in [6.45, 7) is 4.94. The van der Waals surface area contributed by atoms with Gasteiger partial charge >= 0.3 is 0 Å². The van der Waals surface area contributed by atoms with Crippen molar-refractivity contribution in [2.45, 2.75) is 25.8 Å². The summed E-state index contributed by atoms with van der Waals surface area (Å²) in [6, 6.07) is 0.613. The fraction of sp³-hybridized carbons (Fsp3) is 1.00. The molecular formula is C9H20N2OS. The lowest BCUT2D eigenvalue weighted by Crippen LogP contribution is -2.44. The molecule has 3 nitrogen and oxygen atoms in total. The summed E-state index contributed by atoms with van der Waals surface area (Å²) >= 11 is 0. The summed E-state index contributed by atoms with van der Waals surface area (Å²) in [5.41, 5.74) is 5.55. The molecule has 0 spiro atoms. The molecule has 1 rings (SSSR count). The van der Waals surface area contributed by atoms with Crippen LogP contribution in [0.15, 0.2) is 0 Å². The van der Waals surface area contributed by atoms with Gasteiger partial charge in [0.2, 0.25) is 0 Å². The topological polar surface area (TPSA) is 46.3 Å². The first-order valence-corrected chi connectivity index (χ1v) is 6.55. The second-order valence-electron chi connectivity index (χ2n) is 3.52. The van der Waals surface area contributed by atoms with Crippen LogP contribution < -0.4 is 5.73 Å². The molecule has 2 N–H and O–H groups in total. The summed E-state index contributed by atoms with van der Waals surface area (Å²) in [5, 5.41) is 0. The third-order valence-corrected chi connectivity index (χ3v) is 3.98. The van der Waals surface area contributed by atoms with Gasteiger partial charge in [0.1, 0.15) is 0 Å². The molecular weight excluding hydrogens is 184 g/mol. The molecule has 0 amide bonds. The van der Waals surface area contributed by atoms with Crippen LogP contribution in [0.1, 0.15) is 19.8 Å². The highest BCUT2D eigenvalue weighted by atomic mass is 32.2. The van der Waals surface area contributed by atoms with E-state index in [1.807, 2.05) is 0 Å². The summed E-state index contributed by atoms with van der Waals surface area (Å²) in [6.07, 6.45) is 2.23. The first-order chi connectivity index (χ1) is 6.27. The van der Waals surface area contributed by atoms with E-state index in [1.54, 1.807) is 0 Å². The van der Waals surface area contributed by atoms with Crippen molar-refractivity contribution in [3.8, 4) is 0 Å². The van der Waals surface area contributed by atoms with Crippen molar-refractivity contribution < 1.29 is 4.21 Å². The van der Waals surface area contributed by atoms with Crippen LogP contribution in [0.5, 0.6) is 0 Å². The molecule has 1 unspecified atom stereocenters. The van der Waals surface area contributed by atoms with Gasteiger partial charge in [0.05, 0.1) is 0 Å². The zero-order valence-electron chi connectivity index (χ0n) is 8.37. The molecule has 0 radical (unpaired) electrons. The Labute approximate surface area is 83.1 Å². The molecule has 0 aromatic heterocycles. The molecule has 1 aliphatic rings. The number of nitrogens with zero attached hydrogens (tertiary/aromatic N) is 1. The van der Waals surface area contributed by atoms with E-state index in [1.165, 1.54) is 0 Å². The van der Waals surface area contributed by atoms with Gasteiger partial charge in [0.15, 0.2) is 0 Å². The quantitative estimate of drug-likeness (QED) is 0.710. The van der Waals surface area contributed by atoms with Gasteiger partial charge in [-0.3, -0.25) is 9.11 Å². The van der Waals surface area contributed by atoms with Gasteiger partial charge in [-0.15, -0.1) is 0 Å². The highest BCUT2D eigenvalue weighted by Gasteiger charge is 2.20. The van der Waals surface area contributed by atoms with Gasteiger partial charge in [-0.2, -0.15) is 0 Å². The third-order valence-electron chi connectivity index (χ3n) is 2.70. The Balaban J connectivity index is 2.36. The molecule has 0 saturated carbocycles. The van der Waals surface area contributed by atoms with E-state index in [0.29, 0.717) is 6.04 Å². The van der Waals surface area contributed by atoms with Gasteiger partial charge in [-0.25, -0.2) is 0 Å². The minimum absolute atomic E-state index is 0.556. The zero-order valence-corrected chi connectivity index (χ0v) is 9.18. The molecule has 4 heteroatoms. The fourth-order valence-electron chi connectivity index (χ4n) is 1.85. The van der Waals surface area contributed by atoms with Gasteiger partial charge in [0.25, 0.3) is 0 Å². The molecule has 0 bridgehead atoms. The van der Waals surface area contributed by atoms with Crippen LogP contribution in [0.2, 0.25) is 0 Å². The molecule has 0 aromatic carbocycles. The predicted molar refractivity (Wildman–Crippen MR) is 57.2 cm³/mol. The average molecular weight is 204 g/mol. The normalized spacial score (nSPS) is 23.2. The van der Waals surface area contributed by atoms with Crippen molar-refractivity contribution in [3.05, 3.63) is 0 Å². The van der Waals surface area contributed by atoms with Crippen molar-refractivity contribution in [1.82, 2.24) is 4.90 Å². The van der Waals surface area contributed by atoms with Crippen LogP contribution in [0, 0.1) is 0 Å². The Morgan fingerprint density at radius 3 is 2.54 bits per heavy atom. The monoisotopic (exact) mass is 204 g/mol. The number of hydrogen-bond donors (Lipinski definition) is 1. The SMILES string of the molecule is CCC(CCN)N1CCS(=O)CC1. The van der Waals surface area contributed by atoms with Gasteiger partial charge in [0, 0.05) is 41.4 Å². The fourth-order valence-corrected chi connectivity index (χ4v) is 2.93. The van der Waals surface area contributed by atoms with Gasteiger partial charge in [-0.1, -0.05) is 6.92 Å². The molecule has 1 saturated heterocycles. The van der Waals surface area contributed by atoms with Crippen molar-refractivity contribution in [2.24, 2.45) is 5.73 Å². The van der Waals surface area contributed by atoms with Crippen molar-refractivity contribution >= 4 is 10.8 Å². The predicted octanol–water partition coefficient (Wildman–Crippen LogP) is 0.178. The number of hydrogen-bond acceptors (Lipinski definition) is 3. The lowest BCUT2D eigenvalue weighted by molar-refractivity contribution is 0.200. The maximum atomic E-state index is 11.1. The van der Waals surface area contributed by atoms with Crippen LogP contribution in [-0.4, -0.2) is 46.3 Å². The lowest BCUT2D eigenvalue weighted by Gasteiger charge is -2.33. The molecule has 1 heterocycles. The first-order valence-electron chi connectivity index (χ1n) is 5.07. The van der Waals surface area contributed by atoms with E-state index in [9.17, 15) is 4.21 Å². The Morgan fingerprint density at radius 1 is 1.46 bits per heavy atom. The van der Waals surface area contributed by atoms with Gasteiger partial charge in [-0.05, 0) is 19.4 Å². The highest BCUT2D eigenvalue weighted by Crippen LogP contribution is 2.11. The Kier molecular flexibility index (Phi) is 4.91. The molecule has 13 heavy (non-hydrogen) atoms. The van der Waals surface area contributed by atoms with E-state index in [2.05, 4.69) is 11.8 Å².